The van der Waals surface area contributed by atoms with Crippen LogP contribution < -0.4 is 0 Å². The molecule has 0 bridgehead atoms. The Morgan fingerprint density at radius 2 is 0.625 bits per heavy atom. The van der Waals surface area contributed by atoms with Gasteiger partial charge in [0.1, 0.15) is 0 Å². The van der Waals surface area contributed by atoms with Crippen LogP contribution in [0, 0.1) is 0 Å². The van der Waals surface area contributed by atoms with Crippen LogP contribution in [-0.2, 0) is 0 Å². The van der Waals surface area contributed by atoms with Crippen molar-refractivity contribution in [3.05, 3.63) is 0 Å². The third-order valence-electron chi connectivity index (χ3n) is 10.7. The molecule has 0 saturated carbocycles. The van der Waals surface area contributed by atoms with Crippen molar-refractivity contribution in [1.29, 1.82) is 0 Å². The molecular weight excluding hydrogens is 488 g/mol. The summed E-state index contributed by atoms with van der Waals surface area (Å²) in [5.74, 6) is 0. The molecule has 0 spiro atoms. The van der Waals surface area contributed by atoms with Crippen LogP contribution in [0.5, 0.6) is 0 Å². The van der Waals surface area contributed by atoms with E-state index in [-0.39, 0.29) is 0 Å². The Labute approximate surface area is 253 Å². The normalized spacial score (nSPS) is 19.8. The van der Waals surface area contributed by atoms with Crippen molar-refractivity contribution in [3.8, 4) is 0 Å². The first-order valence-corrected chi connectivity index (χ1v) is 18.6. The van der Waals surface area contributed by atoms with Crippen LogP contribution in [0.3, 0.4) is 0 Å². The second kappa shape index (κ2) is 22.4. The van der Waals surface area contributed by atoms with Crippen LogP contribution in [-0.4, -0.2) is 111 Å². The largest absolute Gasteiger partial charge is 0.324 e. The smallest absolute Gasteiger partial charge is 0.0914 e. The first-order chi connectivity index (χ1) is 19.5. The summed E-state index contributed by atoms with van der Waals surface area (Å²) in [4.78, 5) is 5.54. The maximum absolute atomic E-state index is 2.77. The lowest BCUT2D eigenvalue weighted by Crippen LogP contribution is -2.60. The highest BCUT2D eigenvalue weighted by Gasteiger charge is 2.30. The van der Waals surface area contributed by atoms with Gasteiger partial charge in [0.2, 0.25) is 0 Å². The van der Waals surface area contributed by atoms with E-state index in [1.54, 1.807) is 0 Å². The fourth-order valence-electron chi connectivity index (χ4n) is 7.12. The fraction of sp³-hybridized carbons (Fsp3) is 1.00. The van der Waals surface area contributed by atoms with Crippen molar-refractivity contribution in [3.63, 3.8) is 0 Å². The molecule has 0 atom stereocenters. The standard InChI is InChI=1S/C36H76N4/c1-5-7-9-11-13-15-17-19-21-23-31-39(3)33-27-37(28-34-39)25-26-38-29-35-40(4,36-30-38)32-24-22-20-18-16-14-12-10-8-6-2/h5-36H2,1-4H3/q+2. The number of hydrogen-bond donors (Lipinski definition) is 0. The summed E-state index contributed by atoms with van der Waals surface area (Å²) in [6.07, 6.45) is 29.0. The molecule has 0 radical (unpaired) electrons. The summed E-state index contributed by atoms with van der Waals surface area (Å²) in [6.45, 7) is 20.7. The number of rotatable bonds is 25. The van der Waals surface area contributed by atoms with E-state index < -0.39 is 0 Å². The molecule has 0 aliphatic carbocycles. The molecule has 238 valence electrons. The van der Waals surface area contributed by atoms with E-state index >= 15 is 0 Å². The Balaban J connectivity index is 1.43. The van der Waals surface area contributed by atoms with Crippen LogP contribution in [0.15, 0.2) is 0 Å². The third-order valence-corrected chi connectivity index (χ3v) is 10.7. The van der Waals surface area contributed by atoms with Gasteiger partial charge in [0.25, 0.3) is 0 Å². The Hall–Kier alpha value is -0.160. The number of nitrogens with zero attached hydrogens (tertiary/aromatic N) is 4. The highest BCUT2D eigenvalue weighted by molar-refractivity contribution is 4.69. The van der Waals surface area contributed by atoms with Gasteiger partial charge in [-0.15, -0.1) is 0 Å². The molecule has 4 nitrogen and oxygen atoms in total. The van der Waals surface area contributed by atoms with E-state index in [0.717, 1.165) is 0 Å². The summed E-state index contributed by atoms with van der Waals surface area (Å²) < 4.78 is 2.65. The van der Waals surface area contributed by atoms with Crippen LogP contribution >= 0.6 is 0 Å². The van der Waals surface area contributed by atoms with Crippen LogP contribution in [0.4, 0.5) is 0 Å². The predicted octanol–water partition coefficient (Wildman–Crippen LogP) is 8.35. The van der Waals surface area contributed by atoms with Crippen molar-refractivity contribution in [1.82, 2.24) is 9.80 Å². The average Bonchev–Trinajstić information content (AvgIpc) is 2.96. The Kier molecular flexibility index (Phi) is 20.2. The monoisotopic (exact) mass is 565 g/mol. The average molecular weight is 565 g/mol. The number of unbranched alkanes of at least 4 members (excludes halogenated alkanes) is 18. The molecule has 4 heteroatoms. The zero-order valence-corrected chi connectivity index (χ0v) is 28.4. The summed E-state index contributed by atoms with van der Waals surface area (Å²) in [7, 11) is 5.06. The van der Waals surface area contributed by atoms with Gasteiger partial charge in [0, 0.05) is 39.3 Å². The summed E-state index contributed by atoms with van der Waals surface area (Å²) in [6, 6.07) is 0. The molecule has 2 heterocycles. The minimum atomic E-state index is 1.29. The van der Waals surface area contributed by atoms with E-state index in [1.165, 1.54) is 216 Å². The first-order valence-electron chi connectivity index (χ1n) is 18.6. The molecule has 40 heavy (non-hydrogen) atoms. The zero-order chi connectivity index (χ0) is 28.8. The molecule has 0 aromatic carbocycles. The van der Waals surface area contributed by atoms with E-state index in [4.69, 9.17) is 0 Å². The maximum Gasteiger partial charge on any atom is 0.0914 e. The van der Waals surface area contributed by atoms with E-state index in [9.17, 15) is 0 Å². The molecule has 2 saturated heterocycles. The topological polar surface area (TPSA) is 6.48 Å². The highest BCUT2D eigenvalue weighted by Crippen LogP contribution is 2.17. The van der Waals surface area contributed by atoms with Crippen LogP contribution in [0.2, 0.25) is 0 Å². The zero-order valence-electron chi connectivity index (χ0n) is 28.4. The minimum absolute atomic E-state index is 1.29. The molecular formula is C36H76N4+2. The van der Waals surface area contributed by atoms with Gasteiger partial charge in [-0.2, -0.15) is 0 Å². The number of quaternary nitrogens is 2. The molecule has 2 aliphatic heterocycles. The quantitative estimate of drug-likeness (QED) is 0.0812. The van der Waals surface area contributed by atoms with E-state index in [0.29, 0.717) is 0 Å². The van der Waals surface area contributed by atoms with E-state index in [2.05, 4.69) is 37.7 Å². The van der Waals surface area contributed by atoms with Crippen molar-refractivity contribution < 1.29 is 8.97 Å². The van der Waals surface area contributed by atoms with Crippen molar-refractivity contribution in [2.45, 2.75) is 142 Å². The van der Waals surface area contributed by atoms with Crippen LogP contribution in [0.25, 0.3) is 0 Å². The van der Waals surface area contributed by atoms with Gasteiger partial charge in [0.15, 0.2) is 0 Å². The van der Waals surface area contributed by atoms with E-state index in [1.807, 2.05) is 0 Å². The fourth-order valence-corrected chi connectivity index (χ4v) is 7.12. The Morgan fingerprint density at radius 3 is 0.900 bits per heavy atom. The lowest BCUT2D eigenvalue weighted by Gasteiger charge is -2.44. The lowest BCUT2D eigenvalue weighted by molar-refractivity contribution is -0.914. The third kappa shape index (κ3) is 17.1. The van der Waals surface area contributed by atoms with Gasteiger partial charge in [-0.3, -0.25) is 9.80 Å². The summed E-state index contributed by atoms with van der Waals surface area (Å²) in [5, 5.41) is 0. The van der Waals surface area contributed by atoms with Gasteiger partial charge >= 0.3 is 0 Å². The molecule has 0 N–H and O–H groups in total. The molecule has 2 rings (SSSR count). The highest BCUT2D eigenvalue weighted by atomic mass is 15.4. The summed E-state index contributed by atoms with van der Waals surface area (Å²) >= 11 is 0. The van der Waals surface area contributed by atoms with Crippen LogP contribution in [0.1, 0.15) is 142 Å². The predicted molar refractivity (Wildman–Crippen MR) is 178 cm³/mol. The van der Waals surface area contributed by atoms with Gasteiger partial charge in [-0.1, -0.05) is 117 Å². The van der Waals surface area contributed by atoms with Crippen molar-refractivity contribution in [2.75, 3.05) is 92.6 Å². The number of likely N-dealkylation sites (N-methyl/N-ethyl adjacent to an activating group) is 2. The van der Waals surface area contributed by atoms with Gasteiger partial charge in [0.05, 0.1) is 53.4 Å². The summed E-state index contributed by atoms with van der Waals surface area (Å²) in [5.41, 5.74) is 0. The van der Waals surface area contributed by atoms with Gasteiger partial charge < -0.3 is 8.97 Å². The van der Waals surface area contributed by atoms with Crippen molar-refractivity contribution in [2.24, 2.45) is 0 Å². The maximum atomic E-state index is 2.77. The molecule has 2 fully saturated rings. The Morgan fingerprint density at radius 1 is 0.375 bits per heavy atom. The molecule has 0 amide bonds. The van der Waals surface area contributed by atoms with Crippen molar-refractivity contribution >= 4 is 0 Å². The minimum Gasteiger partial charge on any atom is -0.324 e. The molecule has 2 aliphatic rings. The second-order valence-corrected chi connectivity index (χ2v) is 14.6. The lowest BCUT2D eigenvalue weighted by atomic mass is 10.1. The number of hydrogen-bond acceptors (Lipinski definition) is 2. The second-order valence-electron chi connectivity index (χ2n) is 14.6. The SMILES string of the molecule is CCCCCCCCCCCC[N+]1(C)CCN(CCN2CC[N+](C)(CCCCCCCCCCCC)CC2)CC1. The van der Waals surface area contributed by atoms with Gasteiger partial charge in [-0.25, -0.2) is 0 Å². The molecule has 0 unspecified atom stereocenters. The molecule has 0 aromatic rings. The molecule has 0 aromatic heterocycles. The first kappa shape index (κ1) is 36.0. The number of piperazine rings is 2. The van der Waals surface area contributed by atoms with Gasteiger partial charge in [-0.05, 0) is 25.7 Å². The Bertz CT molecular complexity index is 513.